The Hall–Kier alpha value is -4.34. The average molecular weight is 569 g/mol. The van der Waals surface area contributed by atoms with Gasteiger partial charge in [0.1, 0.15) is 6.04 Å². The molecule has 3 heterocycles. The third-order valence-electron chi connectivity index (χ3n) is 8.70. The number of imide groups is 2. The lowest BCUT2D eigenvalue weighted by molar-refractivity contribution is -0.136. The van der Waals surface area contributed by atoms with Gasteiger partial charge in [0.25, 0.3) is 11.8 Å². The molecule has 4 N–H and O–H groups in total. The number of hydrogen-bond donors (Lipinski definition) is 4. The van der Waals surface area contributed by atoms with Crippen LogP contribution in [-0.4, -0.2) is 57.9 Å². The van der Waals surface area contributed by atoms with E-state index in [1.807, 2.05) is 31.3 Å². The number of pyridine rings is 1. The van der Waals surface area contributed by atoms with E-state index in [0.717, 1.165) is 72.6 Å². The molecule has 0 radical (unpaired) electrons. The summed E-state index contributed by atoms with van der Waals surface area (Å²) in [5.41, 5.74) is 4.73. The van der Waals surface area contributed by atoms with Gasteiger partial charge >= 0.3 is 0 Å². The van der Waals surface area contributed by atoms with Crippen molar-refractivity contribution >= 4 is 40.6 Å². The summed E-state index contributed by atoms with van der Waals surface area (Å²) in [4.78, 5) is 55.3. The molecule has 10 nitrogen and oxygen atoms in total. The lowest BCUT2D eigenvalue weighted by Crippen LogP contribution is -2.54. The number of nitrogens with zero attached hydrogens (tertiary/aromatic N) is 2. The number of aromatic nitrogens is 1. The van der Waals surface area contributed by atoms with Gasteiger partial charge in [0.2, 0.25) is 11.8 Å². The molecule has 1 aromatic heterocycles. The molecule has 4 amide bonds. The van der Waals surface area contributed by atoms with Crippen LogP contribution in [-0.2, 0) is 9.59 Å². The van der Waals surface area contributed by atoms with Crippen molar-refractivity contribution < 1.29 is 19.2 Å². The van der Waals surface area contributed by atoms with Crippen LogP contribution in [0.5, 0.6) is 0 Å². The molecule has 10 heteroatoms. The van der Waals surface area contributed by atoms with Crippen LogP contribution in [0.3, 0.4) is 0 Å². The van der Waals surface area contributed by atoms with E-state index in [9.17, 15) is 19.2 Å². The lowest BCUT2D eigenvalue weighted by atomic mass is 9.77. The Kier molecular flexibility index (Phi) is 7.62. The maximum absolute atomic E-state index is 13.0. The van der Waals surface area contributed by atoms with Gasteiger partial charge in [-0.25, -0.2) is 0 Å². The quantitative estimate of drug-likeness (QED) is 0.183. The summed E-state index contributed by atoms with van der Waals surface area (Å²) < 4.78 is 0. The van der Waals surface area contributed by atoms with Crippen molar-refractivity contribution in [2.24, 2.45) is 11.8 Å². The van der Waals surface area contributed by atoms with Gasteiger partial charge in [-0.1, -0.05) is 6.07 Å². The normalized spacial score (nSPS) is 23.8. The van der Waals surface area contributed by atoms with Gasteiger partial charge in [0, 0.05) is 53.8 Å². The summed E-state index contributed by atoms with van der Waals surface area (Å²) in [5, 5.41) is 17.8. The van der Waals surface area contributed by atoms with E-state index in [0.29, 0.717) is 23.6 Å². The van der Waals surface area contributed by atoms with Gasteiger partial charge in [0.05, 0.1) is 16.8 Å². The highest BCUT2D eigenvalue weighted by molar-refractivity contribution is 6.24. The second-order valence-corrected chi connectivity index (χ2v) is 11.9. The van der Waals surface area contributed by atoms with Crippen molar-refractivity contribution in [3.63, 3.8) is 0 Å². The van der Waals surface area contributed by atoms with E-state index in [-0.39, 0.29) is 29.9 Å². The maximum atomic E-state index is 13.0. The van der Waals surface area contributed by atoms with Crippen LogP contribution in [0.2, 0.25) is 0 Å². The van der Waals surface area contributed by atoms with Gasteiger partial charge in [0.15, 0.2) is 0 Å². The molecule has 2 aromatic rings. The van der Waals surface area contributed by atoms with Crippen molar-refractivity contribution in [2.45, 2.75) is 70.4 Å². The van der Waals surface area contributed by atoms with Crippen molar-refractivity contribution in [3.05, 3.63) is 65.1 Å². The molecule has 2 aliphatic carbocycles. The van der Waals surface area contributed by atoms with Crippen LogP contribution < -0.4 is 16.0 Å². The van der Waals surface area contributed by atoms with E-state index in [1.54, 1.807) is 18.2 Å². The number of rotatable bonds is 11. The predicted octanol–water partition coefficient (Wildman–Crippen LogP) is 3.82. The van der Waals surface area contributed by atoms with Gasteiger partial charge in [-0.05, 0) is 88.1 Å². The number of piperidine rings is 1. The van der Waals surface area contributed by atoms with Gasteiger partial charge in [-0.2, -0.15) is 0 Å². The number of carbonyl (C=O) groups excluding carboxylic acids is 4. The highest BCUT2D eigenvalue weighted by Crippen LogP contribution is 2.36. The Morgan fingerprint density at radius 2 is 1.86 bits per heavy atom. The summed E-state index contributed by atoms with van der Waals surface area (Å²) in [7, 11) is 0. The van der Waals surface area contributed by atoms with E-state index in [1.165, 1.54) is 0 Å². The SMILES string of the molecule is Cc1cccc(/C(=C/NC2CC(CCCNc3ccc4c(c3)C(=O)N(C3CCC(=O)NC3=O)C4=O)C2)C(=N)C2CC2)n1. The molecule has 218 valence electrons. The van der Waals surface area contributed by atoms with E-state index in [2.05, 4.69) is 20.9 Å². The minimum atomic E-state index is -0.959. The Labute approximate surface area is 244 Å². The topological polar surface area (TPSA) is 144 Å². The van der Waals surface area contributed by atoms with Crippen LogP contribution in [0, 0.1) is 24.2 Å². The summed E-state index contributed by atoms with van der Waals surface area (Å²) >= 11 is 0. The van der Waals surface area contributed by atoms with Crippen LogP contribution in [0.1, 0.15) is 83.5 Å². The Morgan fingerprint density at radius 3 is 2.60 bits per heavy atom. The van der Waals surface area contributed by atoms with Crippen molar-refractivity contribution in [2.75, 3.05) is 11.9 Å². The molecular weight excluding hydrogens is 532 g/mol. The van der Waals surface area contributed by atoms with Crippen molar-refractivity contribution in [1.82, 2.24) is 20.5 Å². The summed E-state index contributed by atoms with van der Waals surface area (Å²) in [6.45, 7) is 2.72. The van der Waals surface area contributed by atoms with Crippen LogP contribution in [0.15, 0.2) is 42.6 Å². The van der Waals surface area contributed by atoms with Crippen molar-refractivity contribution in [1.29, 1.82) is 5.41 Å². The highest BCUT2D eigenvalue weighted by atomic mass is 16.2. The molecule has 0 spiro atoms. The smallest absolute Gasteiger partial charge is 0.262 e. The van der Waals surface area contributed by atoms with Crippen LogP contribution >= 0.6 is 0 Å². The van der Waals surface area contributed by atoms with Gasteiger partial charge in [-0.15, -0.1) is 0 Å². The minimum Gasteiger partial charge on any atom is -0.388 e. The second kappa shape index (κ2) is 11.5. The minimum absolute atomic E-state index is 0.0994. The molecule has 4 aliphatic rings. The molecular formula is C32H36N6O4. The van der Waals surface area contributed by atoms with Gasteiger partial charge in [-0.3, -0.25) is 34.4 Å². The third kappa shape index (κ3) is 5.70. The summed E-state index contributed by atoms with van der Waals surface area (Å²) in [5.74, 6) is -0.988. The number of anilines is 1. The molecule has 1 unspecified atom stereocenters. The molecule has 1 saturated heterocycles. The Morgan fingerprint density at radius 1 is 1.07 bits per heavy atom. The molecule has 2 saturated carbocycles. The van der Waals surface area contributed by atoms with E-state index in [4.69, 9.17) is 5.41 Å². The molecule has 3 fully saturated rings. The first-order valence-electron chi connectivity index (χ1n) is 14.9. The summed E-state index contributed by atoms with van der Waals surface area (Å²) in [6.07, 6.45) is 8.67. The summed E-state index contributed by atoms with van der Waals surface area (Å²) in [6, 6.07) is 10.5. The Balaban J connectivity index is 0.962. The molecule has 2 aliphatic heterocycles. The molecule has 1 aromatic carbocycles. The fourth-order valence-electron chi connectivity index (χ4n) is 6.09. The number of nitrogens with one attached hydrogen (secondary N) is 4. The monoisotopic (exact) mass is 568 g/mol. The second-order valence-electron chi connectivity index (χ2n) is 11.9. The zero-order chi connectivity index (χ0) is 29.4. The standard InChI is InChI=1S/C32H36N6O4/c1-18-4-2-6-26(36-18)25(29(33)20-7-8-20)17-35-22-14-19(15-22)5-3-13-34-21-9-10-23-24(16-21)32(42)38(31(23)41)27-11-12-28(39)37-30(27)40/h2,4,6,9-10,16-17,19-20,22,27,33-35H,3,5,7-8,11-15H2,1H3,(H,37,39,40)/b25-17-,33-29?. The number of aryl methyl sites for hydroxylation is 1. The molecule has 6 rings (SSSR count). The fourth-order valence-corrected chi connectivity index (χ4v) is 6.09. The third-order valence-corrected chi connectivity index (χ3v) is 8.70. The number of hydrogen-bond acceptors (Lipinski definition) is 8. The van der Waals surface area contributed by atoms with Crippen LogP contribution in [0.25, 0.3) is 5.57 Å². The van der Waals surface area contributed by atoms with Gasteiger partial charge < -0.3 is 16.0 Å². The average Bonchev–Trinajstić information content (AvgIpc) is 3.76. The lowest BCUT2D eigenvalue weighted by Gasteiger charge is -2.36. The fraction of sp³-hybridized carbons (Fsp3) is 0.438. The maximum Gasteiger partial charge on any atom is 0.262 e. The number of amides is 4. The van der Waals surface area contributed by atoms with E-state index < -0.39 is 23.8 Å². The zero-order valence-electron chi connectivity index (χ0n) is 23.7. The largest absolute Gasteiger partial charge is 0.388 e. The molecule has 0 bridgehead atoms. The predicted molar refractivity (Wildman–Crippen MR) is 158 cm³/mol. The molecule has 42 heavy (non-hydrogen) atoms. The zero-order valence-corrected chi connectivity index (χ0v) is 23.7. The molecule has 1 atom stereocenters. The van der Waals surface area contributed by atoms with E-state index >= 15 is 0 Å². The Bertz CT molecular complexity index is 1490. The highest BCUT2D eigenvalue weighted by Gasteiger charge is 2.44. The first-order chi connectivity index (χ1) is 20.3. The van der Waals surface area contributed by atoms with Crippen molar-refractivity contribution in [3.8, 4) is 0 Å². The number of carbonyl (C=O) groups is 4. The first-order valence-corrected chi connectivity index (χ1v) is 14.9. The number of fused-ring (bicyclic) bond motifs is 1. The number of benzene rings is 1. The number of allylic oxidation sites excluding steroid dienone is 1. The first kappa shape index (κ1) is 27.8. The van der Waals surface area contributed by atoms with Crippen LogP contribution in [0.4, 0.5) is 5.69 Å².